The molecule has 0 bridgehead atoms. The molecule has 0 aliphatic heterocycles. The standard InChI is InChI=1S/C17H14ClN/c1-14-7-9-15(10-8-14)5-3-11-19-13-16-4-2-6-17(18)12-16/h2,4,6-10,12-13H,11H2,1H3. The van der Waals surface area contributed by atoms with Gasteiger partial charge in [0.05, 0.1) is 0 Å². The summed E-state index contributed by atoms with van der Waals surface area (Å²) in [6.45, 7) is 2.55. The van der Waals surface area contributed by atoms with Gasteiger partial charge in [-0.25, -0.2) is 0 Å². The molecule has 19 heavy (non-hydrogen) atoms. The van der Waals surface area contributed by atoms with Gasteiger partial charge in [0.15, 0.2) is 0 Å². The Morgan fingerprint density at radius 1 is 1.16 bits per heavy atom. The Balaban J connectivity index is 1.92. The average Bonchev–Trinajstić information content (AvgIpc) is 2.41. The molecule has 0 fully saturated rings. The molecule has 2 aromatic carbocycles. The van der Waals surface area contributed by atoms with Gasteiger partial charge in [-0.3, -0.25) is 4.99 Å². The van der Waals surface area contributed by atoms with Crippen LogP contribution in [0.4, 0.5) is 0 Å². The first-order valence-electron chi connectivity index (χ1n) is 6.05. The Morgan fingerprint density at radius 2 is 1.95 bits per heavy atom. The first-order valence-corrected chi connectivity index (χ1v) is 6.43. The van der Waals surface area contributed by atoms with Crippen LogP contribution in [0.15, 0.2) is 53.5 Å². The first-order chi connectivity index (χ1) is 9.24. The molecular formula is C17H14ClN. The molecule has 0 saturated carbocycles. The van der Waals surface area contributed by atoms with Crippen LogP contribution >= 0.6 is 11.6 Å². The molecule has 0 aliphatic carbocycles. The normalized spacial score (nSPS) is 10.2. The molecule has 0 atom stereocenters. The Morgan fingerprint density at radius 3 is 2.68 bits per heavy atom. The van der Waals surface area contributed by atoms with Gasteiger partial charge in [-0.1, -0.05) is 53.3 Å². The molecule has 0 heterocycles. The highest BCUT2D eigenvalue weighted by molar-refractivity contribution is 6.30. The van der Waals surface area contributed by atoms with Crippen LogP contribution in [0, 0.1) is 18.8 Å². The Bertz CT molecular complexity index is 630. The fourth-order valence-electron chi connectivity index (χ4n) is 1.56. The topological polar surface area (TPSA) is 12.4 Å². The largest absolute Gasteiger partial charge is 0.280 e. The summed E-state index contributed by atoms with van der Waals surface area (Å²) in [4.78, 5) is 4.26. The van der Waals surface area contributed by atoms with Crippen molar-refractivity contribution < 1.29 is 0 Å². The van der Waals surface area contributed by atoms with Crippen LogP contribution in [-0.2, 0) is 0 Å². The third-order valence-electron chi connectivity index (χ3n) is 2.54. The van der Waals surface area contributed by atoms with E-state index in [0.29, 0.717) is 6.54 Å². The Kier molecular flexibility index (Phi) is 4.78. The number of hydrogen-bond acceptors (Lipinski definition) is 1. The van der Waals surface area contributed by atoms with Crippen molar-refractivity contribution in [2.24, 2.45) is 4.99 Å². The minimum atomic E-state index is 0.486. The van der Waals surface area contributed by atoms with Gasteiger partial charge in [-0.2, -0.15) is 0 Å². The molecule has 0 aromatic heterocycles. The first kappa shape index (κ1) is 13.4. The average molecular weight is 268 g/mol. The number of nitrogens with zero attached hydrogens (tertiary/aromatic N) is 1. The summed E-state index contributed by atoms with van der Waals surface area (Å²) in [5, 5.41) is 0.717. The van der Waals surface area contributed by atoms with E-state index in [-0.39, 0.29) is 0 Å². The lowest BCUT2D eigenvalue weighted by molar-refractivity contribution is 1.30. The monoisotopic (exact) mass is 267 g/mol. The highest BCUT2D eigenvalue weighted by Gasteiger charge is 1.88. The van der Waals surface area contributed by atoms with Crippen LogP contribution in [0.3, 0.4) is 0 Å². The van der Waals surface area contributed by atoms with E-state index in [2.05, 4.69) is 35.9 Å². The van der Waals surface area contributed by atoms with Gasteiger partial charge in [0, 0.05) is 16.8 Å². The SMILES string of the molecule is Cc1ccc(C#CCN=Cc2cccc(Cl)c2)cc1. The zero-order valence-electron chi connectivity index (χ0n) is 10.7. The Labute approximate surface area is 119 Å². The number of rotatable bonds is 2. The molecule has 0 amide bonds. The maximum atomic E-state index is 5.89. The molecule has 2 aromatic rings. The summed E-state index contributed by atoms with van der Waals surface area (Å²) >= 11 is 5.89. The van der Waals surface area contributed by atoms with Gasteiger partial charge in [0.2, 0.25) is 0 Å². The van der Waals surface area contributed by atoms with Gasteiger partial charge in [0.25, 0.3) is 0 Å². The fraction of sp³-hybridized carbons (Fsp3) is 0.118. The van der Waals surface area contributed by atoms with Crippen molar-refractivity contribution in [1.29, 1.82) is 0 Å². The van der Waals surface area contributed by atoms with Crippen LogP contribution in [0.1, 0.15) is 16.7 Å². The number of aliphatic imine (C=N–C) groups is 1. The molecule has 0 unspecified atom stereocenters. The van der Waals surface area contributed by atoms with Crippen molar-refractivity contribution in [3.63, 3.8) is 0 Å². The van der Waals surface area contributed by atoms with E-state index in [9.17, 15) is 0 Å². The summed E-state index contributed by atoms with van der Waals surface area (Å²) in [6.07, 6.45) is 1.79. The summed E-state index contributed by atoms with van der Waals surface area (Å²) in [7, 11) is 0. The molecule has 0 N–H and O–H groups in total. The van der Waals surface area contributed by atoms with E-state index in [1.165, 1.54) is 5.56 Å². The van der Waals surface area contributed by atoms with Gasteiger partial charge < -0.3 is 0 Å². The van der Waals surface area contributed by atoms with Crippen molar-refractivity contribution >= 4 is 17.8 Å². The van der Waals surface area contributed by atoms with Crippen LogP contribution < -0.4 is 0 Å². The van der Waals surface area contributed by atoms with Crippen LogP contribution in [0.5, 0.6) is 0 Å². The second-order valence-electron chi connectivity index (χ2n) is 4.19. The molecule has 0 aliphatic rings. The highest BCUT2D eigenvalue weighted by atomic mass is 35.5. The zero-order valence-corrected chi connectivity index (χ0v) is 11.5. The number of halogens is 1. The number of aryl methyl sites for hydroxylation is 1. The molecule has 2 rings (SSSR count). The molecule has 1 nitrogen and oxygen atoms in total. The fourth-order valence-corrected chi connectivity index (χ4v) is 1.76. The van der Waals surface area contributed by atoms with Gasteiger partial charge in [-0.15, -0.1) is 0 Å². The van der Waals surface area contributed by atoms with Gasteiger partial charge in [0.1, 0.15) is 6.54 Å². The van der Waals surface area contributed by atoms with Crippen molar-refractivity contribution in [2.45, 2.75) is 6.92 Å². The third-order valence-corrected chi connectivity index (χ3v) is 2.78. The quantitative estimate of drug-likeness (QED) is 0.573. The van der Waals surface area contributed by atoms with E-state index in [0.717, 1.165) is 16.1 Å². The minimum Gasteiger partial charge on any atom is -0.280 e. The predicted octanol–water partition coefficient (Wildman–Crippen LogP) is 4.12. The van der Waals surface area contributed by atoms with Crippen LogP contribution in [0.2, 0.25) is 5.02 Å². The summed E-state index contributed by atoms with van der Waals surface area (Å²) in [6, 6.07) is 15.7. The molecule has 0 saturated heterocycles. The number of benzene rings is 2. The van der Waals surface area contributed by atoms with Crippen molar-refractivity contribution in [2.75, 3.05) is 6.54 Å². The second-order valence-corrected chi connectivity index (χ2v) is 4.63. The second kappa shape index (κ2) is 6.78. The van der Waals surface area contributed by atoms with Gasteiger partial charge in [-0.05, 0) is 36.8 Å². The molecule has 2 heteroatoms. The molecule has 94 valence electrons. The van der Waals surface area contributed by atoms with E-state index in [1.807, 2.05) is 36.4 Å². The van der Waals surface area contributed by atoms with Crippen molar-refractivity contribution in [3.8, 4) is 11.8 Å². The van der Waals surface area contributed by atoms with Crippen LogP contribution in [-0.4, -0.2) is 12.8 Å². The summed E-state index contributed by atoms with van der Waals surface area (Å²) in [5.41, 5.74) is 3.25. The van der Waals surface area contributed by atoms with Crippen LogP contribution in [0.25, 0.3) is 0 Å². The highest BCUT2D eigenvalue weighted by Crippen LogP contribution is 2.08. The van der Waals surface area contributed by atoms with E-state index in [4.69, 9.17) is 11.6 Å². The minimum absolute atomic E-state index is 0.486. The van der Waals surface area contributed by atoms with E-state index in [1.54, 1.807) is 6.21 Å². The molecular weight excluding hydrogens is 254 g/mol. The lowest BCUT2D eigenvalue weighted by Crippen LogP contribution is -1.82. The lowest BCUT2D eigenvalue weighted by atomic mass is 10.2. The van der Waals surface area contributed by atoms with Gasteiger partial charge >= 0.3 is 0 Å². The maximum Gasteiger partial charge on any atom is 0.100 e. The summed E-state index contributed by atoms with van der Waals surface area (Å²) < 4.78 is 0. The zero-order chi connectivity index (χ0) is 13.5. The number of hydrogen-bond donors (Lipinski definition) is 0. The summed E-state index contributed by atoms with van der Waals surface area (Å²) in [5.74, 6) is 6.10. The lowest BCUT2D eigenvalue weighted by Gasteiger charge is -1.92. The van der Waals surface area contributed by atoms with Crippen molar-refractivity contribution in [1.82, 2.24) is 0 Å². The maximum absolute atomic E-state index is 5.89. The third kappa shape index (κ3) is 4.62. The molecule has 0 radical (unpaired) electrons. The smallest absolute Gasteiger partial charge is 0.100 e. The predicted molar refractivity (Wildman–Crippen MR) is 82.0 cm³/mol. The Hall–Kier alpha value is -2.04. The molecule has 0 spiro atoms. The van der Waals surface area contributed by atoms with E-state index < -0.39 is 0 Å². The van der Waals surface area contributed by atoms with E-state index >= 15 is 0 Å². The van der Waals surface area contributed by atoms with Crippen molar-refractivity contribution in [3.05, 3.63) is 70.2 Å².